The van der Waals surface area contributed by atoms with Gasteiger partial charge in [-0.15, -0.1) is 0 Å². The van der Waals surface area contributed by atoms with Crippen LogP contribution < -0.4 is 4.74 Å². The number of pyridine rings is 1. The lowest BCUT2D eigenvalue weighted by Crippen LogP contribution is -2.36. The number of fused-ring (bicyclic) bond motifs is 1. The van der Waals surface area contributed by atoms with Crippen molar-refractivity contribution in [2.75, 3.05) is 0 Å². The van der Waals surface area contributed by atoms with Crippen molar-refractivity contribution in [3.8, 4) is 5.75 Å². The number of rotatable bonds is 2. The largest absolute Gasteiger partial charge is 0.487 e. The molecule has 76 valence electrons. The van der Waals surface area contributed by atoms with Gasteiger partial charge in [-0.25, -0.2) is 0 Å². The number of ether oxygens (including phenoxy) is 1. The molecule has 1 aromatic rings. The minimum absolute atomic E-state index is 0.0447. The first kappa shape index (κ1) is 9.50. The highest BCUT2D eigenvalue weighted by Gasteiger charge is 2.30. The van der Waals surface area contributed by atoms with Crippen LogP contribution in [0.15, 0.2) is 18.5 Å². The van der Waals surface area contributed by atoms with Gasteiger partial charge in [-0.1, -0.05) is 13.3 Å². The van der Waals surface area contributed by atoms with E-state index in [4.69, 9.17) is 4.74 Å². The Morgan fingerprint density at radius 1 is 1.57 bits per heavy atom. The molecule has 2 rings (SSSR count). The van der Waals surface area contributed by atoms with E-state index in [-0.39, 0.29) is 5.60 Å². The molecule has 14 heavy (non-hydrogen) atoms. The lowest BCUT2D eigenvalue weighted by molar-refractivity contribution is 0.0553. The van der Waals surface area contributed by atoms with E-state index < -0.39 is 0 Å². The zero-order chi connectivity index (χ0) is 10.0. The van der Waals surface area contributed by atoms with E-state index in [2.05, 4.69) is 18.8 Å². The first-order valence-electron chi connectivity index (χ1n) is 5.35. The molecule has 0 N–H and O–H groups in total. The summed E-state index contributed by atoms with van der Waals surface area (Å²) < 4.78 is 6.02. The maximum Gasteiger partial charge on any atom is 0.126 e. The monoisotopic (exact) mass is 191 g/mol. The van der Waals surface area contributed by atoms with Crippen LogP contribution in [0.5, 0.6) is 5.75 Å². The standard InChI is InChI=1S/C12H17NO/c1-3-6-12(2)7-4-10-9-13-8-5-11(10)14-12/h5,8-9H,3-4,6-7H2,1-2H3. The highest BCUT2D eigenvalue weighted by molar-refractivity contribution is 5.33. The molecule has 1 aliphatic heterocycles. The Bertz CT molecular complexity index is 324. The number of aromatic nitrogens is 1. The van der Waals surface area contributed by atoms with Gasteiger partial charge in [0, 0.05) is 18.0 Å². The maximum atomic E-state index is 6.02. The topological polar surface area (TPSA) is 22.1 Å². The van der Waals surface area contributed by atoms with Gasteiger partial charge in [-0.05, 0) is 32.3 Å². The van der Waals surface area contributed by atoms with Crippen molar-refractivity contribution < 1.29 is 4.74 Å². The summed E-state index contributed by atoms with van der Waals surface area (Å²) in [4.78, 5) is 4.11. The zero-order valence-electron chi connectivity index (χ0n) is 8.92. The predicted octanol–water partition coefficient (Wildman–Crippen LogP) is 2.97. The van der Waals surface area contributed by atoms with E-state index in [0.717, 1.165) is 25.0 Å². The predicted molar refractivity (Wildman–Crippen MR) is 56.5 cm³/mol. The highest BCUT2D eigenvalue weighted by Crippen LogP contribution is 2.34. The number of aryl methyl sites for hydroxylation is 1. The highest BCUT2D eigenvalue weighted by atomic mass is 16.5. The summed E-state index contributed by atoms with van der Waals surface area (Å²) in [6, 6.07) is 1.97. The van der Waals surface area contributed by atoms with Crippen molar-refractivity contribution in [1.29, 1.82) is 0 Å². The van der Waals surface area contributed by atoms with Crippen LogP contribution in [0.3, 0.4) is 0 Å². The fourth-order valence-corrected chi connectivity index (χ4v) is 2.12. The molecular formula is C12H17NO. The Morgan fingerprint density at radius 3 is 3.21 bits per heavy atom. The third-order valence-corrected chi connectivity index (χ3v) is 2.92. The second kappa shape index (κ2) is 3.60. The molecule has 2 heteroatoms. The van der Waals surface area contributed by atoms with Crippen LogP contribution in [0.25, 0.3) is 0 Å². The van der Waals surface area contributed by atoms with Crippen LogP contribution in [0.4, 0.5) is 0 Å². The molecule has 0 aliphatic carbocycles. The molecule has 1 unspecified atom stereocenters. The Morgan fingerprint density at radius 2 is 2.43 bits per heavy atom. The van der Waals surface area contributed by atoms with E-state index in [9.17, 15) is 0 Å². The van der Waals surface area contributed by atoms with Gasteiger partial charge in [0.1, 0.15) is 11.4 Å². The van der Waals surface area contributed by atoms with Crippen molar-refractivity contribution >= 4 is 0 Å². The van der Waals surface area contributed by atoms with Gasteiger partial charge in [0.2, 0.25) is 0 Å². The summed E-state index contributed by atoms with van der Waals surface area (Å²) in [7, 11) is 0. The molecule has 0 fully saturated rings. The second-order valence-corrected chi connectivity index (χ2v) is 4.29. The van der Waals surface area contributed by atoms with Crippen LogP contribution in [-0.4, -0.2) is 10.6 Å². The molecule has 1 atom stereocenters. The van der Waals surface area contributed by atoms with Crippen molar-refractivity contribution in [3.63, 3.8) is 0 Å². The first-order chi connectivity index (χ1) is 6.73. The first-order valence-corrected chi connectivity index (χ1v) is 5.35. The Labute approximate surface area is 85.3 Å². The van der Waals surface area contributed by atoms with Crippen LogP contribution in [0.2, 0.25) is 0 Å². The number of hydrogen-bond donors (Lipinski definition) is 0. The summed E-state index contributed by atoms with van der Waals surface area (Å²) in [5.41, 5.74) is 1.30. The Hall–Kier alpha value is -1.05. The molecule has 2 nitrogen and oxygen atoms in total. The fourth-order valence-electron chi connectivity index (χ4n) is 2.12. The van der Waals surface area contributed by atoms with Crippen molar-refractivity contribution in [3.05, 3.63) is 24.0 Å². The quantitative estimate of drug-likeness (QED) is 0.717. The summed E-state index contributed by atoms with van der Waals surface area (Å²) >= 11 is 0. The smallest absolute Gasteiger partial charge is 0.126 e. The second-order valence-electron chi connectivity index (χ2n) is 4.29. The van der Waals surface area contributed by atoms with Gasteiger partial charge in [0.25, 0.3) is 0 Å². The van der Waals surface area contributed by atoms with Gasteiger partial charge in [0.05, 0.1) is 0 Å². The van der Waals surface area contributed by atoms with E-state index in [1.54, 1.807) is 6.20 Å². The maximum absolute atomic E-state index is 6.02. The lowest BCUT2D eigenvalue weighted by Gasteiger charge is -2.35. The van der Waals surface area contributed by atoms with Crippen LogP contribution >= 0.6 is 0 Å². The van der Waals surface area contributed by atoms with Crippen LogP contribution in [0.1, 0.15) is 38.7 Å². The van der Waals surface area contributed by atoms with E-state index in [1.165, 1.54) is 12.0 Å². The lowest BCUT2D eigenvalue weighted by atomic mass is 9.90. The third-order valence-electron chi connectivity index (χ3n) is 2.92. The van der Waals surface area contributed by atoms with Crippen molar-refractivity contribution in [2.24, 2.45) is 0 Å². The van der Waals surface area contributed by atoms with Gasteiger partial charge < -0.3 is 4.74 Å². The van der Waals surface area contributed by atoms with Crippen molar-refractivity contribution in [1.82, 2.24) is 4.98 Å². The van der Waals surface area contributed by atoms with E-state index in [1.807, 2.05) is 12.3 Å². The molecule has 0 saturated heterocycles. The summed E-state index contributed by atoms with van der Waals surface area (Å²) in [6.07, 6.45) is 8.24. The van der Waals surface area contributed by atoms with Crippen LogP contribution in [0, 0.1) is 0 Å². The average molecular weight is 191 g/mol. The van der Waals surface area contributed by atoms with Gasteiger partial charge >= 0.3 is 0 Å². The molecule has 1 aromatic heterocycles. The fraction of sp³-hybridized carbons (Fsp3) is 0.583. The molecule has 0 aromatic carbocycles. The van der Waals surface area contributed by atoms with E-state index in [0.29, 0.717) is 0 Å². The van der Waals surface area contributed by atoms with E-state index >= 15 is 0 Å². The Balaban J connectivity index is 2.20. The van der Waals surface area contributed by atoms with Gasteiger partial charge in [-0.2, -0.15) is 0 Å². The SMILES string of the molecule is CCCC1(C)CCc2cnccc2O1. The minimum Gasteiger partial charge on any atom is -0.487 e. The summed E-state index contributed by atoms with van der Waals surface area (Å²) in [5, 5.41) is 0. The number of nitrogens with zero attached hydrogens (tertiary/aromatic N) is 1. The third kappa shape index (κ3) is 1.74. The zero-order valence-corrected chi connectivity index (χ0v) is 8.92. The summed E-state index contributed by atoms with van der Waals surface area (Å²) in [5.74, 6) is 1.03. The molecule has 0 amide bonds. The normalized spacial score (nSPS) is 25.3. The van der Waals surface area contributed by atoms with Gasteiger partial charge in [-0.3, -0.25) is 4.98 Å². The minimum atomic E-state index is 0.0447. The molecular weight excluding hydrogens is 174 g/mol. The molecule has 0 radical (unpaired) electrons. The molecule has 1 aliphatic rings. The number of hydrogen-bond acceptors (Lipinski definition) is 2. The molecule has 0 spiro atoms. The molecule has 0 saturated carbocycles. The van der Waals surface area contributed by atoms with Crippen molar-refractivity contribution in [2.45, 2.75) is 45.1 Å². The average Bonchev–Trinajstić information content (AvgIpc) is 2.17. The van der Waals surface area contributed by atoms with Gasteiger partial charge in [0.15, 0.2) is 0 Å². The molecule has 2 heterocycles. The molecule has 0 bridgehead atoms. The van der Waals surface area contributed by atoms with Crippen LogP contribution in [-0.2, 0) is 6.42 Å². The summed E-state index contributed by atoms with van der Waals surface area (Å²) in [6.45, 7) is 4.41. The Kier molecular flexibility index (Phi) is 2.44.